The number of halogens is 1. The van der Waals surface area contributed by atoms with Crippen LogP contribution in [-0.4, -0.2) is 17.6 Å². The number of aliphatic carboxylic acids is 1. The van der Waals surface area contributed by atoms with Gasteiger partial charge in [-0.2, -0.15) is 5.26 Å². The molecule has 3 aromatic carbocycles. The van der Waals surface area contributed by atoms with Crippen molar-refractivity contribution in [2.24, 2.45) is 0 Å². The molecule has 1 atom stereocenters. The van der Waals surface area contributed by atoms with Crippen LogP contribution in [0.5, 0.6) is 0 Å². The van der Waals surface area contributed by atoms with Gasteiger partial charge in [0.1, 0.15) is 17.6 Å². The van der Waals surface area contributed by atoms with E-state index in [-0.39, 0.29) is 18.4 Å². The molecular formula is C27H21FN2O3. The first kappa shape index (κ1) is 20.9. The van der Waals surface area contributed by atoms with E-state index in [1.165, 1.54) is 12.1 Å². The average Bonchev–Trinajstić information content (AvgIpc) is 3.40. The first-order valence-electron chi connectivity index (χ1n) is 10.8. The molecule has 1 aliphatic rings. The highest BCUT2D eigenvalue weighted by atomic mass is 19.1. The Labute approximate surface area is 190 Å². The van der Waals surface area contributed by atoms with E-state index < -0.39 is 5.97 Å². The second-order valence-electron chi connectivity index (χ2n) is 8.31. The molecule has 0 fully saturated rings. The normalized spacial score (nSPS) is 14.9. The lowest BCUT2D eigenvalue weighted by molar-refractivity contribution is -0.136. The monoisotopic (exact) mass is 440 g/mol. The fourth-order valence-corrected chi connectivity index (χ4v) is 4.81. The lowest BCUT2D eigenvalue weighted by Gasteiger charge is -2.12. The predicted octanol–water partition coefficient (Wildman–Crippen LogP) is 5.75. The molecule has 1 heterocycles. The Morgan fingerprint density at radius 2 is 2.00 bits per heavy atom. The number of carbonyl (C=O) groups is 1. The fraction of sp³-hybridized carbons (Fsp3) is 0.185. The highest BCUT2D eigenvalue weighted by molar-refractivity contribution is 5.90. The summed E-state index contributed by atoms with van der Waals surface area (Å²) in [7, 11) is 0. The first-order chi connectivity index (χ1) is 16.0. The van der Waals surface area contributed by atoms with E-state index in [0.717, 1.165) is 45.2 Å². The van der Waals surface area contributed by atoms with Gasteiger partial charge in [-0.05, 0) is 71.8 Å². The fourth-order valence-electron chi connectivity index (χ4n) is 4.81. The van der Waals surface area contributed by atoms with E-state index in [4.69, 9.17) is 9.52 Å². The minimum atomic E-state index is -0.913. The van der Waals surface area contributed by atoms with E-state index in [2.05, 4.69) is 11.4 Å². The Balaban J connectivity index is 1.61. The molecule has 0 amide bonds. The third-order valence-electron chi connectivity index (χ3n) is 6.35. The summed E-state index contributed by atoms with van der Waals surface area (Å²) in [6, 6.07) is 18.4. The molecule has 0 bridgehead atoms. The molecular weight excluding hydrogens is 419 g/mol. The maximum absolute atomic E-state index is 13.8. The smallest absolute Gasteiger partial charge is 0.317 e. The van der Waals surface area contributed by atoms with Gasteiger partial charge >= 0.3 is 5.97 Å². The standard InChI is InChI=1S/C27H21FN2O3/c1-15-19(16-4-2-5-18(28)10-16)6-3-7-20(15)25-12-17-11-22-21(23(13-29)27(17)33-25)8-9-24(22)30-14-26(31)32/h2-7,10-12,24,30H,8-9,14H2,1H3,(H,31,32)/t24-/m1/s1. The second-order valence-corrected chi connectivity index (χ2v) is 8.31. The molecule has 6 heteroatoms. The quantitative estimate of drug-likeness (QED) is 0.413. The average molecular weight is 440 g/mol. The van der Waals surface area contributed by atoms with Crippen LogP contribution >= 0.6 is 0 Å². The number of benzene rings is 3. The van der Waals surface area contributed by atoms with Crippen LogP contribution in [0.3, 0.4) is 0 Å². The summed E-state index contributed by atoms with van der Waals surface area (Å²) in [6.07, 6.45) is 1.43. The molecule has 0 radical (unpaired) electrons. The van der Waals surface area contributed by atoms with Crippen LogP contribution < -0.4 is 5.32 Å². The predicted molar refractivity (Wildman–Crippen MR) is 123 cm³/mol. The van der Waals surface area contributed by atoms with Crippen LogP contribution in [0, 0.1) is 24.1 Å². The highest BCUT2D eigenvalue weighted by Crippen LogP contribution is 2.41. The van der Waals surface area contributed by atoms with Gasteiger partial charge in [-0.3, -0.25) is 4.79 Å². The van der Waals surface area contributed by atoms with Crippen molar-refractivity contribution < 1.29 is 18.7 Å². The highest BCUT2D eigenvalue weighted by Gasteiger charge is 2.28. The van der Waals surface area contributed by atoms with Gasteiger partial charge in [0.15, 0.2) is 5.58 Å². The molecule has 0 saturated carbocycles. The number of fused-ring (bicyclic) bond motifs is 2. The lowest BCUT2D eigenvalue weighted by Crippen LogP contribution is -2.26. The van der Waals surface area contributed by atoms with Crippen molar-refractivity contribution in [1.82, 2.24) is 5.32 Å². The summed E-state index contributed by atoms with van der Waals surface area (Å²) >= 11 is 0. The molecule has 0 unspecified atom stereocenters. The van der Waals surface area contributed by atoms with Gasteiger partial charge in [0.05, 0.1) is 12.1 Å². The molecule has 2 N–H and O–H groups in total. The maximum atomic E-state index is 13.8. The third kappa shape index (κ3) is 3.67. The molecule has 5 rings (SSSR count). The van der Waals surface area contributed by atoms with Crippen LogP contribution in [-0.2, 0) is 11.2 Å². The van der Waals surface area contributed by atoms with Gasteiger partial charge in [0.25, 0.3) is 0 Å². The van der Waals surface area contributed by atoms with E-state index >= 15 is 0 Å². The van der Waals surface area contributed by atoms with Crippen molar-refractivity contribution in [2.75, 3.05) is 6.54 Å². The lowest BCUT2D eigenvalue weighted by atomic mass is 9.95. The molecule has 1 aromatic heterocycles. The maximum Gasteiger partial charge on any atom is 0.317 e. The van der Waals surface area contributed by atoms with Gasteiger partial charge in [0.2, 0.25) is 0 Å². The summed E-state index contributed by atoms with van der Waals surface area (Å²) in [4.78, 5) is 11.0. The van der Waals surface area contributed by atoms with Crippen LogP contribution in [0.25, 0.3) is 33.4 Å². The zero-order valence-corrected chi connectivity index (χ0v) is 18.0. The van der Waals surface area contributed by atoms with Crippen molar-refractivity contribution in [1.29, 1.82) is 5.26 Å². The van der Waals surface area contributed by atoms with Crippen molar-refractivity contribution in [2.45, 2.75) is 25.8 Å². The number of furan rings is 1. The Hall–Kier alpha value is -3.95. The van der Waals surface area contributed by atoms with Crippen molar-refractivity contribution in [3.63, 3.8) is 0 Å². The Morgan fingerprint density at radius 1 is 1.21 bits per heavy atom. The van der Waals surface area contributed by atoms with E-state index in [0.29, 0.717) is 23.3 Å². The minimum absolute atomic E-state index is 0.107. The molecule has 5 nitrogen and oxygen atoms in total. The minimum Gasteiger partial charge on any atom is -0.480 e. The van der Waals surface area contributed by atoms with E-state index in [9.17, 15) is 14.4 Å². The number of nitriles is 1. The number of hydrogen-bond acceptors (Lipinski definition) is 4. The number of carboxylic acid groups (broad SMARTS) is 1. The van der Waals surface area contributed by atoms with Crippen LogP contribution in [0.4, 0.5) is 4.39 Å². The Kier molecular flexibility index (Phi) is 5.20. The molecule has 4 aromatic rings. The van der Waals surface area contributed by atoms with Gasteiger partial charge in [0, 0.05) is 17.0 Å². The number of rotatable bonds is 5. The topological polar surface area (TPSA) is 86.3 Å². The molecule has 0 spiro atoms. The number of hydrogen-bond donors (Lipinski definition) is 2. The Bertz CT molecular complexity index is 1450. The van der Waals surface area contributed by atoms with E-state index in [1.54, 1.807) is 6.07 Å². The van der Waals surface area contributed by atoms with Gasteiger partial charge < -0.3 is 14.8 Å². The van der Waals surface area contributed by atoms with Crippen LogP contribution in [0.2, 0.25) is 0 Å². The number of carboxylic acids is 1. The van der Waals surface area contributed by atoms with E-state index in [1.807, 2.05) is 43.3 Å². The second kappa shape index (κ2) is 8.19. The van der Waals surface area contributed by atoms with Gasteiger partial charge in [-0.25, -0.2) is 4.39 Å². The van der Waals surface area contributed by atoms with Crippen molar-refractivity contribution in [3.05, 3.63) is 82.7 Å². The van der Waals surface area contributed by atoms with Crippen LogP contribution in [0.15, 0.2) is 59.0 Å². The van der Waals surface area contributed by atoms with Gasteiger partial charge in [-0.15, -0.1) is 0 Å². The summed E-state index contributed by atoms with van der Waals surface area (Å²) in [6.45, 7) is 1.84. The number of nitrogens with zero attached hydrogens (tertiary/aromatic N) is 1. The molecule has 0 saturated heterocycles. The SMILES string of the molecule is Cc1c(-c2cccc(F)c2)cccc1-c1cc2cc3c(c(C#N)c2o1)CC[C@H]3NCC(=O)O. The largest absolute Gasteiger partial charge is 0.480 e. The molecule has 0 aliphatic heterocycles. The summed E-state index contributed by atoms with van der Waals surface area (Å²) in [5, 5.41) is 22.8. The Morgan fingerprint density at radius 3 is 2.76 bits per heavy atom. The first-order valence-corrected chi connectivity index (χ1v) is 10.8. The molecule has 164 valence electrons. The zero-order chi connectivity index (χ0) is 23.1. The summed E-state index contributed by atoms with van der Waals surface area (Å²) in [5.74, 6) is -0.569. The zero-order valence-electron chi connectivity index (χ0n) is 18.0. The van der Waals surface area contributed by atoms with Crippen molar-refractivity contribution >= 4 is 16.9 Å². The van der Waals surface area contributed by atoms with Crippen LogP contribution in [0.1, 0.15) is 34.7 Å². The van der Waals surface area contributed by atoms with Crippen molar-refractivity contribution in [3.8, 4) is 28.5 Å². The third-order valence-corrected chi connectivity index (χ3v) is 6.35. The summed E-state index contributed by atoms with van der Waals surface area (Å²) in [5.41, 5.74) is 6.44. The molecule has 1 aliphatic carbocycles. The van der Waals surface area contributed by atoms with Gasteiger partial charge in [-0.1, -0.05) is 30.3 Å². The number of nitrogens with one attached hydrogen (secondary N) is 1. The summed E-state index contributed by atoms with van der Waals surface area (Å²) < 4.78 is 20.0. The molecule has 33 heavy (non-hydrogen) atoms.